The third-order valence-electron chi connectivity index (χ3n) is 5.42. The van der Waals surface area contributed by atoms with Crippen LogP contribution in [0.25, 0.3) is 0 Å². The Hall–Kier alpha value is -2.93. The predicted octanol–water partition coefficient (Wildman–Crippen LogP) is 2.53. The summed E-state index contributed by atoms with van der Waals surface area (Å²) in [5, 5.41) is 5.68. The highest BCUT2D eigenvalue weighted by Gasteiger charge is 2.25. The second kappa shape index (κ2) is 9.71. The number of carbonyl (C=O) groups is 2. The molecule has 7 heteroatoms. The van der Waals surface area contributed by atoms with Crippen molar-refractivity contribution in [2.24, 2.45) is 5.92 Å². The Morgan fingerprint density at radius 3 is 2.23 bits per heavy atom. The normalized spacial score (nSPS) is 15.7. The molecule has 0 saturated carbocycles. The minimum absolute atomic E-state index is 0.0657. The Bertz CT molecular complexity index is 856. The number of pyridine rings is 1. The van der Waals surface area contributed by atoms with Crippen molar-refractivity contribution >= 4 is 23.3 Å². The van der Waals surface area contributed by atoms with Crippen LogP contribution in [0.2, 0.25) is 0 Å². The molecule has 1 saturated heterocycles. The topological polar surface area (TPSA) is 77.6 Å². The summed E-state index contributed by atoms with van der Waals surface area (Å²) in [6.07, 6.45) is 1.79. The Morgan fingerprint density at radius 1 is 1.00 bits per heavy atom. The van der Waals surface area contributed by atoms with Crippen molar-refractivity contribution in [3.05, 3.63) is 53.7 Å². The number of likely N-dealkylation sites (N-methyl/N-ethyl adjacent to an activating group) is 1. The molecule has 2 aromatic rings. The van der Waals surface area contributed by atoms with Gasteiger partial charge < -0.3 is 20.4 Å². The molecule has 3 rings (SSSR count). The fraction of sp³-hybridized carbons (Fsp3) is 0.435. The number of piperazine rings is 1. The molecule has 1 aliphatic heterocycles. The molecule has 0 spiro atoms. The maximum atomic E-state index is 12.8. The van der Waals surface area contributed by atoms with Crippen LogP contribution in [0.3, 0.4) is 0 Å². The van der Waals surface area contributed by atoms with Crippen molar-refractivity contribution in [2.75, 3.05) is 43.4 Å². The summed E-state index contributed by atoms with van der Waals surface area (Å²) in [7, 11) is 2.12. The van der Waals surface area contributed by atoms with Gasteiger partial charge in [0.2, 0.25) is 5.91 Å². The van der Waals surface area contributed by atoms with Crippen molar-refractivity contribution in [1.82, 2.24) is 15.2 Å². The first-order valence-corrected chi connectivity index (χ1v) is 10.4. The average molecular weight is 410 g/mol. The predicted molar refractivity (Wildman–Crippen MR) is 120 cm³/mol. The second-order valence-electron chi connectivity index (χ2n) is 8.24. The van der Waals surface area contributed by atoms with E-state index in [4.69, 9.17) is 0 Å². The standard InChI is InChI=1S/C23H31N5O2/c1-16(2)21(26-22(29)18-7-5-17(3)6-8-18)23(30)25-20-10-9-19(15-24-20)28-13-11-27(4)12-14-28/h5-10,15-16,21H,11-14H2,1-4H3,(H,26,29)(H,24,25,30). The van der Waals surface area contributed by atoms with Gasteiger partial charge in [-0.25, -0.2) is 4.98 Å². The number of anilines is 2. The van der Waals surface area contributed by atoms with Gasteiger partial charge in [-0.2, -0.15) is 0 Å². The Balaban J connectivity index is 1.61. The van der Waals surface area contributed by atoms with Gasteiger partial charge in [-0.1, -0.05) is 31.5 Å². The highest BCUT2D eigenvalue weighted by molar-refractivity contribution is 6.01. The first-order chi connectivity index (χ1) is 14.3. The lowest BCUT2D eigenvalue weighted by Crippen LogP contribution is -2.47. The van der Waals surface area contributed by atoms with Gasteiger partial charge in [-0.05, 0) is 44.2 Å². The van der Waals surface area contributed by atoms with Crippen molar-refractivity contribution in [2.45, 2.75) is 26.8 Å². The minimum atomic E-state index is -0.655. The monoisotopic (exact) mass is 409 g/mol. The van der Waals surface area contributed by atoms with Crippen LogP contribution in [-0.4, -0.2) is 61.0 Å². The molecule has 2 N–H and O–H groups in total. The summed E-state index contributed by atoms with van der Waals surface area (Å²) in [5.74, 6) is -0.121. The fourth-order valence-corrected chi connectivity index (χ4v) is 3.38. The van der Waals surface area contributed by atoms with E-state index in [0.29, 0.717) is 11.4 Å². The van der Waals surface area contributed by atoms with Gasteiger partial charge in [-0.3, -0.25) is 9.59 Å². The van der Waals surface area contributed by atoms with Crippen molar-refractivity contribution < 1.29 is 9.59 Å². The third kappa shape index (κ3) is 5.57. The van der Waals surface area contributed by atoms with E-state index >= 15 is 0 Å². The van der Waals surface area contributed by atoms with Crippen LogP contribution >= 0.6 is 0 Å². The van der Waals surface area contributed by atoms with Crippen LogP contribution in [0.5, 0.6) is 0 Å². The van der Waals surface area contributed by atoms with Crippen LogP contribution in [0.15, 0.2) is 42.6 Å². The molecule has 0 bridgehead atoms. The number of hydrogen-bond donors (Lipinski definition) is 2. The first kappa shape index (κ1) is 21.8. The highest BCUT2D eigenvalue weighted by atomic mass is 16.2. The van der Waals surface area contributed by atoms with Crippen LogP contribution in [0.1, 0.15) is 29.8 Å². The van der Waals surface area contributed by atoms with E-state index in [9.17, 15) is 9.59 Å². The van der Waals surface area contributed by atoms with E-state index in [-0.39, 0.29) is 17.7 Å². The maximum absolute atomic E-state index is 12.8. The number of aryl methyl sites for hydroxylation is 1. The number of benzene rings is 1. The van der Waals surface area contributed by atoms with Gasteiger partial charge >= 0.3 is 0 Å². The molecule has 160 valence electrons. The molecule has 30 heavy (non-hydrogen) atoms. The molecular weight excluding hydrogens is 378 g/mol. The van der Waals surface area contributed by atoms with Gasteiger partial charge in [0.25, 0.3) is 5.91 Å². The number of aromatic nitrogens is 1. The molecule has 0 aliphatic carbocycles. The van der Waals surface area contributed by atoms with Crippen LogP contribution in [-0.2, 0) is 4.79 Å². The summed E-state index contributed by atoms with van der Waals surface area (Å²) in [5.41, 5.74) is 2.67. The van der Waals surface area contributed by atoms with Crippen LogP contribution in [0.4, 0.5) is 11.5 Å². The zero-order valence-electron chi connectivity index (χ0n) is 18.2. The van der Waals surface area contributed by atoms with Gasteiger partial charge in [-0.15, -0.1) is 0 Å². The SMILES string of the molecule is Cc1ccc(C(=O)NC(C(=O)Nc2ccc(N3CCN(C)CC3)cn2)C(C)C)cc1. The molecule has 1 unspecified atom stereocenters. The minimum Gasteiger partial charge on any atom is -0.368 e. The first-order valence-electron chi connectivity index (χ1n) is 10.4. The zero-order valence-corrected chi connectivity index (χ0v) is 18.2. The lowest BCUT2D eigenvalue weighted by molar-refractivity contribution is -0.118. The number of nitrogens with zero attached hydrogens (tertiary/aromatic N) is 3. The maximum Gasteiger partial charge on any atom is 0.251 e. The molecule has 1 fully saturated rings. The third-order valence-corrected chi connectivity index (χ3v) is 5.42. The summed E-state index contributed by atoms with van der Waals surface area (Å²) in [6.45, 7) is 9.75. The summed E-state index contributed by atoms with van der Waals surface area (Å²) < 4.78 is 0. The average Bonchev–Trinajstić information content (AvgIpc) is 2.73. The van der Waals surface area contributed by atoms with E-state index in [1.807, 2.05) is 45.0 Å². The largest absolute Gasteiger partial charge is 0.368 e. The fourth-order valence-electron chi connectivity index (χ4n) is 3.38. The van der Waals surface area contributed by atoms with Crippen molar-refractivity contribution in [3.8, 4) is 0 Å². The molecule has 7 nitrogen and oxygen atoms in total. The number of hydrogen-bond acceptors (Lipinski definition) is 5. The number of carbonyl (C=O) groups excluding carboxylic acids is 2. The van der Waals surface area contributed by atoms with E-state index in [1.165, 1.54) is 0 Å². The molecule has 1 aromatic carbocycles. The van der Waals surface area contributed by atoms with Gasteiger partial charge in [0.15, 0.2) is 0 Å². The highest BCUT2D eigenvalue weighted by Crippen LogP contribution is 2.17. The molecule has 1 atom stereocenters. The molecule has 2 heterocycles. The lowest BCUT2D eigenvalue weighted by Gasteiger charge is -2.33. The smallest absolute Gasteiger partial charge is 0.251 e. The Morgan fingerprint density at radius 2 is 1.67 bits per heavy atom. The Labute approximate surface area is 178 Å². The number of amides is 2. The van der Waals surface area contributed by atoms with Crippen LogP contribution < -0.4 is 15.5 Å². The summed E-state index contributed by atoms with van der Waals surface area (Å²) in [6, 6.07) is 10.4. The number of nitrogens with one attached hydrogen (secondary N) is 2. The molecule has 2 amide bonds. The summed E-state index contributed by atoms with van der Waals surface area (Å²) >= 11 is 0. The van der Waals surface area contributed by atoms with Gasteiger partial charge in [0, 0.05) is 31.7 Å². The Kier molecular flexibility index (Phi) is 7.05. The molecular formula is C23H31N5O2. The van der Waals surface area contributed by atoms with Crippen molar-refractivity contribution in [3.63, 3.8) is 0 Å². The summed E-state index contributed by atoms with van der Waals surface area (Å²) in [4.78, 5) is 34.4. The number of rotatable bonds is 6. The second-order valence-corrected chi connectivity index (χ2v) is 8.24. The quantitative estimate of drug-likeness (QED) is 0.767. The van der Waals surface area contributed by atoms with E-state index < -0.39 is 6.04 Å². The van der Waals surface area contributed by atoms with E-state index in [0.717, 1.165) is 37.4 Å². The van der Waals surface area contributed by atoms with Gasteiger partial charge in [0.05, 0.1) is 11.9 Å². The lowest BCUT2D eigenvalue weighted by atomic mass is 10.0. The van der Waals surface area contributed by atoms with Gasteiger partial charge in [0.1, 0.15) is 11.9 Å². The zero-order chi connectivity index (χ0) is 21.7. The van der Waals surface area contributed by atoms with E-state index in [1.54, 1.807) is 18.3 Å². The van der Waals surface area contributed by atoms with E-state index in [2.05, 4.69) is 32.5 Å². The van der Waals surface area contributed by atoms with Crippen LogP contribution in [0, 0.1) is 12.8 Å². The molecule has 1 aromatic heterocycles. The molecule has 0 radical (unpaired) electrons. The van der Waals surface area contributed by atoms with Crippen molar-refractivity contribution in [1.29, 1.82) is 0 Å². The molecule has 1 aliphatic rings.